The number of benzene rings is 1. The summed E-state index contributed by atoms with van der Waals surface area (Å²) in [5.74, 6) is 0. The molecule has 1 aromatic carbocycles. The number of aryl methyl sites for hydroxylation is 1. The molecule has 14 heavy (non-hydrogen) atoms. The minimum atomic E-state index is 0.121. The average Bonchev–Trinajstić information content (AvgIpc) is 2.17. The van der Waals surface area contributed by atoms with Crippen molar-refractivity contribution >= 4 is 42.8 Å². The zero-order valence-electron chi connectivity index (χ0n) is 7.54. The first-order chi connectivity index (χ1) is 6.70. The lowest BCUT2D eigenvalue weighted by Crippen LogP contribution is -1.96. The summed E-state index contributed by atoms with van der Waals surface area (Å²) in [6.07, 6.45) is 0. The molecule has 0 saturated carbocycles. The molecule has 0 spiro atoms. The first kappa shape index (κ1) is 10.1. The van der Waals surface area contributed by atoms with Gasteiger partial charge in [0.2, 0.25) is 0 Å². The van der Waals surface area contributed by atoms with Gasteiger partial charge in [-0.15, -0.1) is 0 Å². The van der Waals surface area contributed by atoms with Gasteiger partial charge in [-0.2, -0.15) is 10.2 Å². The van der Waals surface area contributed by atoms with Crippen molar-refractivity contribution in [1.82, 2.24) is 10.2 Å². The highest BCUT2D eigenvalue weighted by molar-refractivity contribution is 9.24. The van der Waals surface area contributed by atoms with E-state index in [4.69, 9.17) is 0 Å². The molecule has 0 bridgehead atoms. The quantitative estimate of drug-likeness (QED) is 0.749. The van der Waals surface area contributed by atoms with Gasteiger partial charge in [-0.05, 0) is 13.0 Å². The molecule has 1 heterocycles. The SMILES string of the molecule is Cc1nnc2ccccc2c1C(Br)Br. The van der Waals surface area contributed by atoms with Crippen LogP contribution in [0.1, 0.15) is 15.0 Å². The van der Waals surface area contributed by atoms with E-state index < -0.39 is 0 Å². The minimum absolute atomic E-state index is 0.121. The van der Waals surface area contributed by atoms with E-state index in [-0.39, 0.29) is 3.74 Å². The Morgan fingerprint density at radius 1 is 1.14 bits per heavy atom. The molecular formula is C10H8Br2N2. The Labute approximate surface area is 99.0 Å². The lowest BCUT2D eigenvalue weighted by atomic mass is 10.1. The van der Waals surface area contributed by atoms with Crippen molar-refractivity contribution < 1.29 is 0 Å². The molecule has 72 valence electrons. The Kier molecular flexibility index (Phi) is 2.83. The van der Waals surface area contributed by atoms with Crippen LogP contribution in [0.5, 0.6) is 0 Å². The third kappa shape index (κ3) is 1.68. The first-order valence-corrected chi connectivity index (χ1v) is 6.03. The van der Waals surface area contributed by atoms with E-state index in [1.165, 1.54) is 0 Å². The Bertz CT molecular complexity index is 469. The van der Waals surface area contributed by atoms with Crippen LogP contribution in [0.25, 0.3) is 10.9 Å². The second-order valence-corrected chi connectivity index (χ2v) is 6.08. The lowest BCUT2D eigenvalue weighted by molar-refractivity contribution is 0.997. The Morgan fingerprint density at radius 2 is 1.86 bits per heavy atom. The number of halogens is 2. The monoisotopic (exact) mass is 314 g/mol. The van der Waals surface area contributed by atoms with Crippen molar-refractivity contribution in [2.24, 2.45) is 0 Å². The van der Waals surface area contributed by atoms with Gasteiger partial charge in [-0.25, -0.2) is 0 Å². The standard InChI is InChI=1S/C10H8Br2N2/c1-6-9(10(11)12)7-4-2-3-5-8(7)14-13-6/h2-5,10H,1H3. The zero-order valence-corrected chi connectivity index (χ0v) is 10.7. The van der Waals surface area contributed by atoms with E-state index in [0.29, 0.717) is 0 Å². The molecular weight excluding hydrogens is 308 g/mol. The summed E-state index contributed by atoms with van der Waals surface area (Å²) in [4.78, 5) is 0. The highest BCUT2D eigenvalue weighted by atomic mass is 79.9. The predicted molar refractivity (Wildman–Crippen MR) is 64.9 cm³/mol. The Balaban J connectivity index is 2.83. The third-order valence-corrected chi connectivity index (χ3v) is 3.03. The normalized spacial score (nSPS) is 11.1. The molecule has 0 N–H and O–H groups in total. The van der Waals surface area contributed by atoms with Gasteiger partial charge in [-0.1, -0.05) is 50.1 Å². The molecule has 0 fully saturated rings. The molecule has 2 aromatic rings. The highest BCUT2D eigenvalue weighted by Crippen LogP contribution is 2.35. The van der Waals surface area contributed by atoms with Gasteiger partial charge in [0.05, 0.1) is 14.9 Å². The van der Waals surface area contributed by atoms with E-state index in [9.17, 15) is 0 Å². The van der Waals surface area contributed by atoms with Gasteiger partial charge in [0.25, 0.3) is 0 Å². The van der Waals surface area contributed by atoms with Crippen LogP contribution in [0.2, 0.25) is 0 Å². The van der Waals surface area contributed by atoms with E-state index >= 15 is 0 Å². The van der Waals surface area contributed by atoms with Crippen LogP contribution in [-0.2, 0) is 0 Å². The first-order valence-electron chi connectivity index (χ1n) is 4.20. The Hall–Kier alpha value is -0.480. The molecule has 0 aliphatic heterocycles. The number of nitrogens with zero attached hydrogens (tertiary/aromatic N) is 2. The Morgan fingerprint density at radius 3 is 2.57 bits per heavy atom. The molecule has 2 rings (SSSR count). The molecule has 0 amide bonds. The van der Waals surface area contributed by atoms with Crippen LogP contribution in [-0.4, -0.2) is 10.2 Å². The van der Waals surface area contributed by atoms with Gasteiger partial charge < -0.3 is 0 Å². The maximum atomic E-state index is 4.13. The molecule has 0 unspecified atom stereocenters. The van der Waals surface area contributed by atoms with E-state index in [0.717, 1.165) is 22.2 Å². The summed E-state index contributed by atoms with van der Waals surface area (Å²) < 4.78 is 0.121. The van der Waals surface area contributed by atoms with E-state index in [2.05, 4.69) is 48.1 Å². The number of alkyl halides is 2. The smallest absolute Gasteiger partial charge is 0.0971 e. The zero-order chi connectivity index (χ0) is 10.1. The van der Waals surface area contributed by atoms with Gasteiger partial charge in [0, 0.05) is 10.9 Å². The summed E-state index contributed by atoms with van der Waals surface area (Å²) in [5.41, 5.74) is 3.02. The van der Waals surface area contributed by atoms with Crippen molar-refractivity contribution in [3.63, 3.8) is 0 Å². The minimum Gasteiger partial charge on any atom is -0.155 e. The van der Waals surface area contributed by atoms with Crippen LogP contribution < -0.4 is 0 Å². The topological polar surface area (TPSA) is 25.8 Å². The van der Waals surface area contributed by atoms with Gasteiger partial charge in [0.1, 0.15) is 0 Å². The fraction of sp³-hybridized carbons (Fsp3) is 0.200. The van der Waals surface area contributed by atoms with Crippen molar-refractivity contribution in [3.8, 4) is 0 Å². The van der Waals surface area contributed by atoms with Gasteiger partial charge in [0.15, 0.2) is 0 Å². The second-order valence-electron chi connectivity index (χ2n) is 3.02. The number of rotatable bonds is 1. The summed E-state index contributed by atoms with van der Waals surface area (Å²) in [6, 6.07) is 8.00. The van der Waals surface area contributed by atoms with Crippen molar-refractivity contribution in [2.75, 3.05) is 0 Å². The number of aromatic nitrogens is 2. The molecule has 0 aliphatic carbocycles. The molecule has 0 saturated heterocycles. The van der Waals surface area contributed by atoms with Gasteiger partial charge in [-0.3, -0.25) is 0 Å². The number of fused-ring (bicyclic) bond motifs is 1. The van der Waals surface area contributed by atoms with E-state index in [1.807, 2.05) is 25.1 Å². The molecule has 4 heteroatoms. The van der Waals surface area contributed by atoms with Crippen LogP contribution in [0, 0.1) is 6.92 Å². The van der Waals surface area contributed by atoms with Gasteiger partial charge >= 0.3 is 0 Å². The highest BCUT2D eigenvalue weighted by Gasteiger charge is 2.12. The van der Waals surface area contributed by atoms with Crippen molar-refractivity contribution in [1.29, 1.82) is 0 Å². The van der Waals surface area contributed by atoms with E-state index in [1.54, 1.807) is 0 Å². The molecule has 0 aliphatic rings. The molecule has 1 aromatic heterocycles. The van der Waals surface area contributed by atoms with Crippen LogP contribution in [0.15, 0.2) is 24.3 Å². The predicted octanol–water partition coefficient (Wildman–Crippen LogP) is 3.73. The fourth-order valence-corrected chi connectivity index (χ4v) is 2.60. The maximum Gasteiger partial charge on any atom is 0.0971 e. The average molecular weight is 316 g/mol. The van der Waals surface area contributed by atoms with Crippen molar-refractivity contribution in [3.05, 3.63) is 35.5 Å². The molecule has 0 atom stereocenters. The molecule has 0 radical (unpaired) electrons. The number of hydrogen-bond acceptors (Lipinski definition) is 2. The van der Waals surface area contributed by atoms with Crippen LogP contribution in [0.4, 0.5) is 0 Å². The number of hydrogen-bond donors (Lipinski definition) is 0. The third-order valence-electron chi connectivity index (χ3n) is 2.11. The summed E-state index contributed by atoms with van der Waals surface area (Å²) in [7, 11) is 0. The van der Waals surface area contributed by atoms with Crippen LogP contribution in [0.3, 0.4) is 0 Å². The largest absolute Gasteiger partial charge is 0.155 e. The summed E-state index contributed by atoms with van der Waals surface area (Å²) in [6.45, 7) is 1.96. The summed E-state index contributed by atoms with van der Waals surface area (Å²) >= 11 is 7.01. The lowest BCUT2D eigenvalue weighted by Gasteiger charge is -2.08. The van der Waals surface area contributed by atoms with Crippen molar-refractivity contribution in [2.45, 2.75) is 10.7 Å². The fourth-order valence-electron chi connectivity index (χ4n) is 1.44. The molecule has 2 nitrogen and oxygen atoms in total. The van der Waals surface area contributed by atoms with Crippen LogP contribution >= 0.6 is 31.9 Å². The second kappa shape index (κ2) is 3.95. The maximum absolute atomic E-state index is 4.13. The summed E-state index contributed by atoms with van der Waals surface area (Å²) in [5, 5.41) is 9.39.